The summed E-state index contributed by atoms with van der Waals surface area (Å²) in [6.45, 7) is 2.24. The molecule has 2 amide bonds. The molecule has 0 bridgehead atoms. The Kier molecular flexibility index (Phi) is 7.28. The van der Waals surface area contributed by atoms with Crippen LogP contribution in [0.15, 0.2) is 77.8 Å². The van der Waals surface area contributed by atoms with E-state index in [1.807, 2.05) is 0 Å². The summed E-state index contributed by atoms with van der Waals surface area (Å²) in [5, 5.41) is 2.31. The highest BCUT2D eigenvalue weighted by atomic mass is 32.2. The van der Waals surface area contributed by atoms with Crippen LogP contribution in [-0.2, 0) is 19.6 Å². The van der Waals surface area contributed by atoms with Crippen LogP contribution >= 0.6 is 11.8 Å². The predicted octanol–water partition coefficient (Wildman–Crippen LogP) is 3.73. The summed E-state index contributed by atoms with van der Waals surface area (Å²) in [5.41, 5.74) is 1.19. The van der Waals surface area contributed by atoms with E-state index in [2.05, 4.69) is 5.32 Å². The fourth-order valence-electron chi connectivity index (χ4n) is 3.73. The summed E-state index contributed by atoms with van der Waals surface area (Å²) in [6, 6.07) is 18.8. The zero-order chi connectivity index (χ0) is 24.1. The third-order valence-electron chi connectivity index (χ3n) is 5.23. The van der Waals surface area contributed by atoms with E-state index in [0.29, 0.717) is 42.5 Å². The first kappa shape index (κ1) is 23.9. The van der Waals surface area contributed by atoms with Crippen LogP contribution in [0.1, 0.15) is 24.4 Å². The van der Waals surface area contributed by atoms with Gasteiger partial charge in [0.15, 0.2) is 0 Å². The summed E-state index contributed by atoms with van der Waals surface area (Å²) in [6.07, 6.45) is 2.09. The van der Waals surface area contributed by atoms with Crippen LogP contribution in [0.4, 0.5) is 5.69 Å². The summed E-state index contributed by atoms with van der Waals surface area (Å²) in [4.78, 5) is 25.7. The molecule has 3 aromatic rings. The Hall–Kier alpha value is -3.24. The first-order valence-electron chi connectivity index (χ1n) is 10.8. The lowest BCUT2D eigenvalue weighted by molar-refractivity contribution is -0.128. The third-order valence-corrected chi connectivity index (χ3v) is 8.17. The highest BCUT2D eigenvalue weighted by molar-refractivity contribution is 8.00. The second-order valence-electron chi connectivity index (χ2n) is 7.71. The van der Waals surface area contributed by atoms with E-state index in [-0.39, 0.29) is 16.7 Å². The van der Waals surface area contributed by atoms with Gasteiger partial charge in [-0.15, -0.1) is 11.8 Å². The monoisotopic (exact) mass is 499 g/mol. The van der Waals surface area contributed by atoms with Gasteiger partial charge in [-0.3, -0.25) is 9.59 Å². The molecule has 1 unspecified atom stereocenters. The molecule has 0 aliphatic carbocycles. The van der Waals surface area contributed by atoms with Crippen molar-refractivity contribution in [3.8, 4) is 5.75 Å². The maximum Gasteiger partial charge on any atom is 0.267 e. The molecule has 10 heteroatoms. The van der Waals surface area contributed by atoms with Crippen LogP contribution in [-0.4, -0.2) is 48.0 Å². The Morgan fingerprint density at radius 2 is 1.91 bits per heavy atom. The van der Waals surface area contributed by atoms with Crippen LogP contribution in [0.25, 0.3) is 0 Å². The molecular formula is C24H25N3O5S2. The number of hydrogen-bond donors (Lipinski definition) is 1. The number of nitrogens with zero attached hydrogens (tertiary/aromatic N) is 2. The molecule has 2 aromatic carbocycles. The molecule has 4 rings (SSSR count). The molecule has 1 aromatic heterocycles. The van der Waals surface area contributed by atoms with E-state index in [1.54, 1.807) is 71.6 Å². The van der Waals surface area contributed by atoms with E-state index < -0.39 is 15.4 Å². The zero-order valence-corrected chi connectivity index (χ0v) is 20.2. The number of aromatic nitrogens is 1. The van der Waals surface area contributed by atoms with E-state index in [0.717, 1.165) is 0 Å². The van der Waals surface area contributed by atoms with Crippen LogP contribution in [0.5, 0.6) is 5.75 Å². The molecule has 2 heterocycles. The van der Waals surface area contributed by atoms with Gasteiger partial charge in [0, 0.05) is 31.4 Å². The average Bonchev–Trinajstić information content (AvgIpc) is 3.44. The van der Waals surface area contributed by atoms with Gasteiger partial charge in [-0.2, -0.15) is 0 Å². The minimum atomic E-state index is -3.77. The summed E-state index contributed by atoms with van der Waals surface area (Å²) >= 11 is 1.41. The lowest BCUT2D eigenvalue weighted by atomic mass is 10.3. The van der Waals surface area contributed by atoms with E-state index in [1.165, 1.54) is 28.9 Å². The van der Waals surface area contributed by atoms with Gasteiger partial charge < -0.3 is 15.0 Å². The van der Waals surface area contributed by atoms with Crippen LogP contribution < -0.4 is 10.1 Å². The number of carbonyl (C=O) groups is 2. The van der Waals surface area contributed by atoms with Gasteiger partial charge in [0.05, 0.1) is 22.9 Å². The SMILES string of the molecule is CC(=O)Nc1cccc(OCCCN2C(=O)CSC2c2cccn2S(=O)(=O)c2ccccc2)c1. The molecular weight excluding hydrogens is 474 g/mol. The molecule has 1 atom stereocenters. The fourth-order valence-corrected chi connectivity index (χ4v) is 6.42. The van der Waals surface area contributed by atoms with Gasteiger partial charge in [-0.05, 0) is 42.8 Å². The minimum Gasteiger partial charge on any atom is -0.493 e. The number of thioether (sulfide) groups is 1. The Balaban J connectivity index is 1.42. The lowest BCUT2D eigenvalue weighted by Crippen LogP contribution is -2.31. The van der Waals surface area contributed by atoms with Crippen molar-refractivity contribution in [2.45, 2.75) is 23.6 Å². The molecule has 1 aliphatic heterocycles. The smallest absolute Gasteiger partial charge is 0.267 e. The van der Waals surface area contributed by atoms with Crippen molar-refractivity contribution in [2.75, 3.05) is 24.2 Å². The Morgan fingerprint density at radius 3 is 2.68 bits per heavy atom. The van der Waals surface area contributed by atoms with Gasteiger partial charge in [0.25, 0.3) is 10.0 Å². The van der Waals surface area contributed by atoms with Gasteiger partial charge in [0.2, 0.25) is 11.8 Å². The minimum absolute atomic E-state index is 0.0347. The Morgan fingerprint density at radius 1 is 1.12 bits per heavy atom. The molecule has 0 saturated carbocycles. The van der Waals surface area contributed by atoms with Crippen molar-refractivity contribution in [2.24, 2.45) is 0 Å². The third kappa shape index (κ3) is 5.28. The topological polar surface area (TPSA) is 97.7 Å². The van der Waals surface area contributed by atoms with Gasteiger partial charge in [-0.25, -0.2) is 12.4 Å². The predicted molar refractivity (Wildman–Crippen MR) is 131 cm³/mol. The molecule has 0 radical (unpaired) electrons. The van der Waals surface area contributed by atoms with Crippen LogP contribution in [0.2, 0.25) is 0 Å². The van der Waals surface area contributed by atoms with Crippen molar-refractivity contribution in [3.05, 3.63) is 78.6 Å². The zero-order valence-electron chi connectivity index (χ0n) is 18.6. The highest BCUT2D eigenvalue weighted by Gasteiger charge is 2.36. The number of ether oxygens (including phenoxy) is 1. The molecule has 178 valence electrons. The summed E-state index contributed by atoms with van der Waals surface area (Å²) in [5.74, 6) is 0.716. The second kappa shape index (κ2) is 10.4. The fraction of sp³-hybridized carbons (Fsp3) is 0.250. The van der Waals surface area contributed by atoms with E-state index >= 15 is 0 Å². The van der Waals surface area contributed by atoms with E-state index in [4.69, 9.17) is 4.74 Å². The largest absolute Gasteiger partial charge is 0.493 e. The number of rotatable bonds is 9. The molecule has 34 heavy (non-hydrogen) atoms. The van der Waals surface area contributed by atoms with Gasteiger partial charge in [-0.1, -0.05) is 24.3 Å². The van der Waals surface area contributed by atoms with Crippen molar-refractivity contribution in [3.63, 3.8) is 0 Å². The first-order chi connectivity index (χ1) is 16.4. The lowest BCUT2D eigenvalue weighted by Gasteiger charge is -2.25. The molecule has 1 aliphatic rings. The maximum atomic E-state index is 13.2. The quantitative estimate of drug-likeness (QED) is 0.451. The van der Waals surface area contributed by atoms with E-state index in [9.17, 15) is 18.0 Å². The first-order valence-corrected chi connectivity index (χ1v) is 13.2. The van der Waals surface area contributed by atoms with Crippen molar-refractivity contribution in [1.82, 2.24) is 8.87 Å². The molecule has 0 spiro atoms. The van der Waals surface area contributed by atoms with Crippen molar-refractivity contribution in [1.29, 1.82) is 0 Å². The summed E-state index contributed by atoms with van der Waals surface area (Å²) in [7, 11) is -3.77. The van der Waals surface area contributed by atoms with Crippen molar-refractivity contribution >= 4 is 39.3 Å². The van der Waals surface area contributed by atoms with Crippen LogP contribution in [0.3, 0.4) is 0 Å². The Labute approximate surface area is 203 Å². The van der Waals surface area contributed by atoms with Gasteiger partial charge >= 0.3 is 0 Å². The highest BCUT2D eigenvalue weighted by Crippen LogP contribution is 2.39. The van der Waals surface area contributed by atoms with Crippen molar-refractivity contribution < 1.29 is 22.7 Å². The number of hydrogen-bond acceptors (Lipinski definition) is 6. The number of anilines is 1. The molecule has 8 nitrogen and oxygen atoms in total. The number of carbonyl (C=O) groups excluding carboxylic acids is 2. The standard InChI is InChI=1S/C24H25N3O5S2/c1-18(28)25-19-8-5-9-20(16-19)32-15-7-13-26-23(29)17-33-24(26)22-12-6-14-27(22)34(30,31)21-10-3-2-4-11-21/h2-6,8-12,14,16,24H,7,13,15,17H2,1H3,(H,25,28). The number of benzene rings is 2. The van der Waals surface area contributed by atoms with Gasteiger partial charge in [0.1, 0.15) is 11.1 Å². The Bertz CT molecular complexity index is 1270. The molecule has 1 N–H and O–H groups in total. The van der Waals surface area contributed by atoms with Crippen LogP contribution in [0, 0.1) is 0 Å². The number of amides is 2. The maximum absolute atomic E-state index is 13.2. The average molecular weight is 500 g/mol. The number of nitrogens with one attached hydrogen (secondary N) is 1. The second-order valence-corrected chi connectivity index (χ2v) is 10.6. The molecule has 1 saturated heterocycles. The normalized spacial score (nSPS) is 16.0. The molecule has 1 fully saturated rings. The summed E-state index contributed by atoms with van der Waals surface area (Å²) < 4.78 is 33.4.